The van der Waals surface area contributed by atoms with E-state index in [4.69, 9.17) is 23.2 Å². The number of benzene rings is 1. The summed E-state index contributed by atoms with van der Waals surface area (Å²) in [5.41, 5.74) is 1.29. The summed E-state index contributed by atoms with van der Waals surface area (Å²) in [4.78, 5) is 1.35. The van der Waals surface area contributed by atoms with Gasteiger partial charge in [0.25, 0.3) is 0 Å². The quantitative estimate of drug-likeness (QED) is 0.748. The predicted octanol–water partition coefficient (Wildman–Crippen LogP) is 5.07. The van der Waals surface area contributed by atoms with Gasteiger partial charge in [-0.25, -0.2) is 0 Å². The highest BCUT2D eigenvalue weighted by atomic mass is 35.5. The average molecular weight is 328 g/mol. The van der Waals surface area contributed by atoms with Crippen molar-refractivity contribution >= 4 is 34.5 Å². The monoisotopic (exact) mass is 327 g/mol. The van der Waals surface area contributed by atoms with E-state index in [-0.39, 0.29) is 0 Å². The van der Waals surface area contributed by atoms with E-state index < -0.39 is 0 Å². The van der Waals surface area contributed by atoms with Crippen molar-refractivity contribution in [2.75, 3.05) is 13.1 Å². The van der Waals surface area contributed by atoms with Crippen molar-refractivity contribution in [3.63, 3.8) is 0 Å². The van der Waals surface area contributed by atoms with Crippen molar-refractivity contribution in [2.24, 2.45) is 5.92 Å². The standard InChI is InChI=1S/C16H19Cl2NS/c1-2-19-11-13(10-15-6-7-16(18)20-15)8-12-4-3-5-14(17)9-12/h3-7,9,13,19H,2,8,10-11H2,1H3. The minimum Gasteiger partial charge on any atom is -0.317 e. The number of halogens is 2. The van der Waals surface area contributed by atoms with Gasteiger partial charge in [-0.2, -0.15) is 0 Å². The minimum absolute atomic E-state index is 0.558. The van der Waals surface area contributed by atoms with Crippen LogP contribution in [-0.2, 0) is 12.8 Å². The first-order valence-corrected chi connectivity index (χ1v) is 8.44. The second-order valence-electron chi connectivity index (χ2n) is 4.92. The minimum atomic E-state index is 0.558. The second-order valence-corrected chi connectivity index (χ2v) is 7.15. The van der Waals surface area contributed by atoms with Crippen LogP contribution in [0.5, 0.6) is 0 Å². The zero-order valence-electron chi connectivity index (χ0n) is 11.5. The summed E-state index contributed by atoms with van der Waals surface area (Å²) in [7, 11) is 0. The Morgan fingerprint density at radius 1 is 1.15 bits per heavy atom. The summed E-state index contributed by atoms with van der Waals surface area (Å²) in [6, 6.07) is 12.2. The molecule has 0 bridgehead atoms. The number of hydrogen-bond donors (Lipinski definition) is 1. The van der Waals surface area contributed by atoms with Crippen LogP contribution in [0.25, 0.3) is 0 Å². The van der Waals surface area contributed by atoms with Crippen molar-refractivity contribution in [1.29, 1.82) is 0 Å². The lowest BCUT2D eigenvalue weighted by Crippen LogP contribution is -2.25. The predicted molar refractivity (Wildman–Crippen MR) is 90.2 cm³/mol. The molecule has 1 nitrogen and oxygen atoms in total. The Balaban J connectivity index is 2.02. The molecule has 1 atom stereocenters. The maximum Gasteiger partial charge on any atom is 0.0931 e. The highest BCUT2D eigenvalue weighted by Crippen LogP contribution is 2.25. The largest absolute Gasteiger partial charge is 0.317 e. The summed E-state index contributed by atoms with van der Waals surface area (Å²) < 4.78 is 0.866. The molecule has 0 aliphatic heterocycles. The highest BCUT2D eigenvalue weighted by Gasteiger charge is 2.12. The van der Waals surface area contributed by atoms with Gasteiger partial charge in [0, 0.05) is 9.90 Å². The molecule has 1 N–H and O–H groups in total. The van der Waals surface area contributed by atoms with E-state index in [1.54, 1.807) is 11.3 Å². The van der Waals surface area contributed by atoms with Crippen LogP contribution in [0.2, 0.25) is 9.36 Å². The highest BCUT2D eigenvalue weighted by molar-refractivity contribution is 7.16. The smallest absolute Gasteiger partial charge is 0.0931 e. The third-order valence-corrected chi connectivity index (χ3v) is 4.70. The van der Waals surface area contributed by atoms with Crippen molar-refractivity contribution < 1.29 is 0 Å². The van der Waals surface area contributed by atoms with Gasteiger partial charge in [-0.1, -0.05) is 42.3 Å². The number of nitrogens with one attached hydrogen (secondary N) is 1. The van der Waals surface area contributed by atoms with Gasteiger partial charge < -0.3 is 5.32 Å². The van der Waals surface area contributed by atoms with Crippen LogP contribution in [0, 0.1) is 5.92 Å². The van der Waals surface area contributed by atoms with Crippen LogP contribution >= 0.6 is 34.5 Å². The van der Waals surface area contributed by atoms with Gasteiger partial charge in [0.1, 0.15) is 0 Å². The molecule has 2 rings (SSSR count). The molecular formula is C16H19Cl2NS. The van der Waals surface area contributed by atoms with Crippen molar-refractivity contribution in [3.05, 3.63) is 56.2 Å². The third-order valence-electron chi connectivity index (χ3n) is 3.22. The zero-order valence-corrected chi connectivity index (χ0v) is 13.9. The lowest BCUT2D eigenvalue weighted by atomic mass is 9.95. The molecule has 20 heavy (non-hydrogen) atoms. The summed E-state index contributed by atoms with van der Waals surface area (Å²) in [5.74, 6) is 0.558. The van der Waals surface area contributed by atoms with Gasteiger partial charge in [0.15, 0.2) is 0 Å². The van der Waals surface area contributed by atoms with Crippen molar-refractivity contribution in [3.8, 4) is 0 Å². The lowest BCUT2D eigenvalue weighted by molar-refractivity contribution is 0.481. The molecule has 1 heterocycles. The molecule has 0 saturated carbocycles. The number of rotatable bonds is 7. The van der Waals surface area contributed by atoms with Crippen LogP contribution in [0.1, 0.15) is 17.4 Å². The van der Waals surface area contributed by atoms with Crippen LogP contribution in [0.4, 0.5) is 0 Å². The molecular weight excluding hydrogens is 309 g/mol. The van der Waals surface area contributed by atoms with Crippen molar-refractivity contribution in [2.45, 2.75) is 19.8 Å². The van der Waals surface area contributed by atoms with E-state index in [2.05, 4.69) is 30.4 Å². The molecule has 0 saturated heterocycles. The molecule has 0 amide bonds. The molecule has 0 fully saturated rings. The molecule has 108 valence electrons. The van der Waals surface area contributed by atoms with Gasteiger partial charge in [0.05, 0.1) is 4.34 Å². The Kier molecular flexibility index (Phi) is 6.37. The maximum atomic E-state index is 6.07. The maximum absolute atomic E-state index is 6.07. The Bertz CT molecular complexity index is 539. The summed E-state index contributed by atoms with van der Waals surface area (Å²) in [6.07, 6.45) is 2.08. The number of hydrogen-bond acceptors (Lipinski definition) is 2. The van der Waals surface area contributed by atoms with Gasteiger partial charge in [-0.15, -0.1) is 11.3 Å². The van der Waals surface area contributed by atoms with E-state index in [1.165, 1.54) is 10.4 Å². The Morgan fingerprint density at radius 3 is 2.65 bits per heavy atom. The summed E-state index contributed by atoms with van der Waals surface area (Å²) in [5, 5.41) is 4.26. The topological polar surface area (TPSA) is 12.0 Å². The first kappa shape index (κ1) is 15.8. The molecule has 0 radical (unpaired) electrons. The van der Waals surface area contributed by atoms with E-state index >= 15 is 0 Å². The molecule has 1 unspecified atom stereocenters. The lowest BCUT2D eigenvalue weighted by Gasteiger charge is -2.17. The first-order valence-electron chi connectivity index (χ1n) is 6.86. The van der Waals surface area contributed by atoms with Gasteiger partial charge >= 0.3 is 0 Å². The van der Waals surface area contributed by atoms with E-state index in [1.807, 2.05) is 18.2 Å². The Hall–Kier alpha value is -0.540. The molecule has 4 heteroatoms. The van der Waals surface area contributed by atoms with Gasteiger partial charge in [0.2, 0.25) is 0 Å². The molecule has 0 spiro atoms. The van der Waals surface area contributed by atoms with Crippen LogP contribution in [-0.4, -0.2) is 13.1 Å². The average Bonchev–Trinajstić information content (AvgIpc) is 2.81. The normalized spacial score (nSPS) is 12.6. The van der Waals surface area contributed by atoms with E-state index in [0.29, 0.717) is 5.92 Å². The molecule has 1 aromatic carbocycles. The van der Waals surface area contributed by atoms with Crippen molar-refractivity contribution in [1.82, 2.24) is 5.32 Å². The fourth-order valence-electron chi connectivity index (χ4n) is 2.31. The third kappa shape index (κ3) is 5.10. The summed E-state index contributed by atoms with van der Waals surface area (Å²) >= 11 is 13.8. The van der Waals surface area contributed by atoms with E-state index in [9.17, 15) is 0 Å². The molecule has 2 aromatic rings. The number of thiophene rings is 1. The fraction of sp³-hybridized carbons (Fsp3) is 0.375. The zero-order chi connectivity index (χ0) is 14.4. The molecule has 0 aliphatic rings. The van der Waals surface area contributed by atoms with Crippen LogP contribution < -0.4 is 5.32 Å². The Labute approximate surface area is 134 Å². The van der Waals surface area contributed by atoms with Gasteiger partial charge in [-0.3, -0.25) is 0 Å². The second kappa shape index (κ2) is 8.04. The molecule has 0 aliphatic carbocycles. The fourth-order valence-corrected chi connectivity index (χ4v) is 3.72. The summed E-state index contributed by atoms with van der Waals surface area (Å²) in [6.45, 7) is 4.15. The SMILES string of the molecule is CCNCC(Cc1cccc(Cl)c1)Cc1ccc(Cl)s1. The van der Waals surface area contributed by atoms with Crippen LogP contribution in [0.15, 0.2) is 36.4 Å². The molecule has 1 aromatic heterocycles. The van der Waals surface area contributed by atoms with Gasteiger partial charge in [-0.05, 0) is 61.7 Å². The first-order chi connectivity index (χ1) is 9.67. The van der Waals surface area contributed by atoms with E-state index in [0.717, 1.165) is 35.3 Å². The Morgan fingerprint density at radius 2 is 2.00 bits per heavy atom. The van der Waals surface area contributed by atoms with Crippen LogP contribution in [0.3, 0.4) is 0 Å².